The smallest absolute Gasteiger partial charge is 0.336 e. The molecule has 104 valence electrons. The van der Waals surface area contributed by atoms with Crippen molar-refractivity contribution in [3.63, 3.8) is 0 Å². The largest absolute Gasteiger partial charge is 0.478 e. The Bertz CT molecular complexity index is 744. The normalized spacial score (nSPS) is 11.2. The van der Waals surface area contributed by atoms with E-state index in [4.69, 9.17) is 5.11 Å². The van der Waals surface area contributed by atoms with Crippen LogP contribution in [0.15, 0.2) is 52.1 Å². The molecule has 1 aromatic carbocycles. The first kappa shape index (κ1) is 14.7. The van der Waals surface area contributed by atoms with Gasteiger partial charge in [-0.1, -0.05) is 0 Å². The number of benzene rings is 1. The Morgan fingerprint density at radius 3 is 2.45 bits per heavy atom. The lowest BCUT2D eigenvalue weighted by Gasteiger charge is -2.06. The van der Waals surface area contributed by atoms with Crippen molar-refractivity contribution in [2.75, 3.05) is 0 Å². The van der Waals surface area contributed by atoms with Gasteiger partial charge in [-0.25, -0.2) is 13.2 Å². The lowest BCUT2D eigenvalue weighted by atomic mass is 10.2. The number of carbonyl (C=O) groups is 1. The molecule has 7 heteroatoms. The number of carboxylic acid groups (broad SMARTS) is 1. The van der Waals surface area contributed by atoms with Crippen LogP contribution in [-0.4, -0.2) is 24.5 Å². The molecule has 0 amide bonds. The number of carboxylic acids is 1. The molecule has 0 bridgehead atoms. The van der Waals surface area contributed by atoms with E-state index in [0.717, 1.165) is 6.07 Å². The maximum absolute atomic E-state index is 12.3. The van der Waals surface area contributed by atoms with Gasteiger partial charge in [-0.3, -0.25) is 4.98 Å². The number of rotatable bonds is 4. The molecule has 1 aromatic heterocycles. The third-order valence-electron chi connectivity index (χ3n) is 2.63. The summed E-state index contributed by atoms with van der Waals surface area (Å²) in [5, 5.41) is 9.01. The van der Waals surface area contributed by atoms with E-state index in [2.05, 4.69) is 20.9 Å². The van der Waals surface area contributed by atoms with Gasteiger partial charge in [0.15, 0.2) is 9.84 Å². The fraction of sp³-hybridized carbons (Fsp3) is 0.0769. The third kappa shape index (κ3) is 3.23. The molecule has 0 saturated heterocycles. The van der Waals surface area contributed by atoms with Gasteiger partial charge in [0.1, 0.15) is 0 Å². The molecular weight excluding hydrogens is 346 g/mol. The molecule has 0 aliphatic heterocycles. The standard InChI is InChI=1S/C13H10BrNO4S/c14-12-2-1-10(7-11(12)13(16)17)20(18,19)8-9-3-5-15-6-4-9/h1-7H,8H2,(H,16,17). The first-order valence-electron chi connectivity index (χ1n) is 5.54. The van der Waals surface area contributed by atoms with E-state index in [9.17, 15) is 13.2 Å². The number of hydrogen-bond donors (Lipinski definition) is 1. The predicted molar refractivity (Wildman–Crippen MR) is 76.2 cm³/mol. The molecule has 0 atom stereocenters. The average molecular weight is 356 g/mol. The minimum absolute atomic E-state index is 0.0186. The molecule has 0 aliphatic rings. The predicted octanol–water partition coefficient (Wildman–Crippen LogP) is 2.52. The number of sulfone groups is 1. The Morgan fingerprint density at radius 1 is 1.20 bits per heavy atom. The van der Waals surface area contributed by atoms with E-state index < -0.39 is 15.8 Å². The van der Waals surface area contributed by atoms with Crippen LogP contribution in [0, 0.1) is 0 Å². The summed E-state index contributed by atoms with van der Waals surface area (Å²) in [6.07, 6.45) is 3.02. The zero-order valence-corrected chi connectivity index (χ0v) is 12.6. The van der Waals surface area contributed by atoms with Gasteiger partial charge in [0.25, 0.3) is 0 Å². The van der Waals surface area contributed by atoms with E-state index >= 15 is 0 Å². The Hall–Kier alpha value is -1.73. The fourth-order valence-corrected chi connectivity index (χ4v) is 3.43. The van der Waals surface area contributed by atoms with Gasteiger partial charge in [0.05, 0.1) is 16.2 Å². The van der Waals surface area contributed by atoms with Crippen molar-refractivity contribution in [3.05, 3.63) is 58.3 Å². The van der Waals surface area contributed by atoms with Gasteiger partial charge in [0, 0.05) is 16.9 Å². The SMILES string of the molecule is O=C(O)c1cc(S(=O)(=O)Cc2ccncc2)ccc1Br. The molecule has 0 saturated carbocycles. The fourth-order valence-electron chi connectivity index (χ4n) is 1.64. The number of nitrogens with zero attached hydrogens (tertiary/aromatic N) is 1. The van der Waals surface area contributed by atoms with Crippen LogP contribution >= 0.6 is 15.9 Å². The summed E-state index contributed by atoms with van der Waals surface area (Å²) in [5.74, 6) is -1.38. The number of aromatic nitrogens is 1. The van der Waals surface area contributed by atoms with Gasteiger partial charge in [-0.05, 0) is 51.8 Å². The van der Waals surface area contributed by atoms with Crippen molar-refractivity contribution >= 4 is 31.7 Å². The first-order chi connectivity index (χ1) is 9.40. The Balaban J connectivity index is 2.40. The van der Waals surface area contributed by atoms with Crippen molar-refractivity contribution in [3.8, 4) is 0 Å². The van der Waals surface area contributed by atoms with Crippen molar-refractivity contribution < 1.29 is 18.3 Å². The second kappa shape index (κ2) is 5.72. The van der Waals surface area contributed by atoms with Crippen LogP contribution in [0.2, 0.25) is 0 Å². The molecule has 0 aliphatic carbocycles. The van der Waals surface area contributed by atoms with E-state index in [1.807, 2.05) is 0 Å². The van der Waals surface area contributed by atoms with Crippen LogP contribution in [0.25, 0.3) is 0 Å². The maximum atomic E-state index is 12.3. The summed E-state index contributed by atoms with van der Waals surface area (Å²) in [4.78, 5) is 14.8. The summed E-state index contributed by atoms with van der Waals surface area (Å²) in [5.41, 5.74) is 0.514. The maximum Gasteiger partial charge on any atom is 0.336 e. The van der Waals surface area contributed by atoms with E-state index in [0.29, 0.717) is 10.0 Å². The van der Waals surface area contributed by atoms with Crippen molar-refractivity contribution in [2.45, 2.75) is 10.6 Å². The number of hydrogen-bond acceptors (Lipinski definition) is 4. The highest BCUT2D eigenvalue weighted by atomic mass is 79.9. The van der Waals surface area contributed by atoms with Gasteiger partial charge in [-0.15, -0.1) is 0 Å². The first-order valence-corrected chi connectivity index (χ1v) is 7.99. The molecule has 2 aromatic rings. The summed E-state index contributed by atoms with van der Waals surface area (Å²) >= 11 is 3.08. The molecule has 0 unspecified atom stereocenters. The molecule has 1 heterocycles. The molecule has 0 radical (unpaired) electrons. The molecule has 0 spiro atoms. The molecule has 20 heavy (non-hydrogen) atoms. The van der Waals surface area contributed by atoms with Crippen LogP contribution in [-0.2, 0) is 15.6 Å². The highest BCUT2D eigenvalue weighted by Gasteiger charge is 2.18. The van der Waals surface area contributed by atoms with E-state index in [1.54, 1.807) is 12.1 Å². The zero-order chi connectivity index (χ0) is 14.8. The van der Waals surface area contributed by atoms with E-state index in [-0.39, 0.29) is 16.2 Å². The second-order valence-electron chi connectivity index (χ2n) is 4.06. The van der Waals surface area contributed by atoms with Crippen LogP contribution < -0.4 is 0 Å². The van der Waals surface area contributed by atoms with Crippen molar-refractivity contribution in [1.82, 2.24) is 4.98 Å². The minimum atomic E-state index is -3.60. The highest BCUT2D eigenvalue weighted by Crippen LogP contribution is 2.23. The highest BCUT2D eigenvalue weighted by molar-refractivity contribution is 9.10. The molecule has 0 fully saturated rings. The Kier molecular flexibility index (Phi) is 4.20. The van der Waals surface area contributed by atoms with Crippen LogP contribution in [0.3, 0.4) is 0 Å². The Labute approximate surface area is 124 Å². The monoisotopic (exact) mass is 355 g/mol. The lowest BCUT2D eigenvalue weighted by molar-refractivity contribution is 0.0695. The van der Waals surface area contributed by atoms with Crippen LogP contribution in [0.1, 0.15) is 15.9 Å². The molecule has 1 N–H and O–H groups in total. The van der Waals surface area contributed by atoms with Gasteiger partial charge in [0.2, 0.25) is 0 Å². The second-order valence-corrected chi connectivity index (χ2v) is 6.91. The minimum Gasteiger partial charge on any atom is -0.478 e. The average Bonchev–Trinajstić information content (AvgIpc) is 2.39. The summed E-state index contributed by atoms with van der Waals surface area (Å²) in [6, 6.07) is 7.17. The van der Waals surface area contributed by atoms with Crippen molar-refractivity contribution in [1.29, 1.82) is 0 Å². The molecular formula is C13H10BrNO4S. The zero-order valence-electron chi connectivity index (χ0n) is 10.2. The summed E-state index contributed by atoms with van der Waals surface area (Å²) in [6.45, 7) is 0. The molecule has 5 nitrogen and oxygen atoms in total. The number of halogens is 1. The molecule has 2 rings (SSSR count). The van der Waals surface area contributed by atoms with Crippen LogP contribution in [0.4, 0.5) is 0 Å². The van der Waals surface area contributed by atoms with Crippen molar-refractivity contribution in [2.24, 2.45) is 0 Å². The summed E-state index contributed by atoms with van der Waals surface area (Å²) < 4.78 is 24.9. The van der Waals surface area contributed by atoms with Crippen LogP contribution in [0.5, 0.6) is 0 Å². The summed E-state index contributed by atoms with van der Waals surface area (Å²) in [7, 11) is -3.60. The van der Waals surface area contributed by atoms with E-state index in [1.165, 1.54) is 24.5 Å². The van der Waals surface area contributed by atoms with Gasteiger partial charge >= 0.3 is 5.97 Å². The lowest BCUT2D eigenvalue weighted by Crippen LogP contribution is -2.07. The third-order valence-corrected chi connectivity index (χ3v) is 5.01. The Morgan fingerprint density at radius 2 is 1.85 bits per heavy atom. The quantitative estimate of drug-likeness (QED) is 0.910. The number of aromatic carboxylic acids is 1. The van der Waals surface area contributed by atoms with Gasteiger partial charge in [-0.2, -0.15) is 0 Å². The topological polar surface area (TPSA) is 84.3 Å². The van der Waals surface area contributed by atoms with Gasteiger partial charge < -0.3 is 5.11 Å². The number of pyridine rings is 1.